The highest BCUT2D eigenvalue weighted by Crippen LogP contribution is 2.42. The van der Waals surface area contributed by atoms with Crippen molar-refractivity contribution in [1.82, 2.24) is 115 Å². The van der Waals surface area contributed by atoms with E-state index >= 15 is 0 Å². The Morgan fingerprint density at radius 2 is 0.880 bits per heavy atom. The predicted molar refractivity (Wildman–Crippen MR) is 586 cm³/mol. The molecule has 10 atom stereocenters. The Bertz CT molecular complexity index is 5860. The molecule has 44 nitrogen and oxygen atoms in total. The van der Waals surface area contributed by atoms with Crippen LogP contribution in [0, 0.1) is 11.3 Å². The summed E-state index contributed by atoms with van der Waals surface area (Å²) in [5.74, 6) is -0.589. The fourth-order valence-corrected chi connectivity index (χ4v) is 23.5. The molecule has 18 heterocycles. The number of hydroxylamine groups is 12. The van der Waals surface area contributed by atoms with E-state index in [0.29, 0.717) is 127 Å². The summed E-state index contributed by atoms with van der Waals surface area (Å²) < 4.78 is 14.5. The number of ketones is 2. The average molecular weight is 2230 g/mol. The number of methoxy groups -OCH3 is 2. The van der Waals surface area contributed by atoms with E-state index < -0.39 is 18.2 Å². The Balaban J connectivity index is 0.000000186. The van der Waals surface area contributed by atoms with Crippen molar-refractivity contribution in [1.29, 1.82) is 5.26 Å². The van der Waals surface area contributed by atoms with Gasteiger partial charge in [0.25, 0.3) is 29.7 Å². The van der Waals surface area contributed by atoms with Crippen LogP contribution in [0.25, 0.3) is 0 Å². The van der Waals surface area contributed by atoms with E-state index in [9.17, 15) is 43.5 Å². The van der Waals surface area contributed by atoms with Crippen LogP contribution in [0.4, 0.5) is 5.13 Å². The van der Waals surface area contributed by atoms with E-state index in [0.717, 1.165) is 115 Å². The van der Waals surface area contributed by atoms with Gasteiger partial charge in [-0.15, -0.1) is 137 Å². The number of nitrogens with two attached hydrogens (primary N) is 1. The highest BCUT2D eigenvalue weighted by atomic mass is 32.1. The molecule has 0 saturated heterocycles. The maximum atomic E-state index is 11.9. The monoisotopic (exact) mass is 2220 g/mol. The molecule has 0 aliphatic carbocycles. The van der Waals surface area contributed by atoms with Gasteiger partial charge in [-0.2, -0.15) is 35.6 Å². The average Bonchev–Trinajstić information content (AvgIpc) is 1.58. The second-order valence-corrected chi connectivity index (χ2v) is 40.8. The van der Waals surface area contributed by atoms with E-state index in [4.69, 9.17) is 54.2 Å². The maximum Gasteiger partial charge on any atom is 0.329 e. The second-order valence-electron chi connectivity index (χ2n) is 32.7. The number of anilines is 1. The molecular formula is C93H124B4N26O18S9. The number of nitrogen functional groups attached to an aromatic ring is 1. The first kappa shape index (κ1) is 124. The van der Waals surface area contributed by atoms with E-state index in [1.54, 1.807) is 152 Å². The molecule has 0 fully saturated rings. The topological polar surface area (TPSA) is 490 Å². The molecule has 0 spiro atoms. The number of ether oxygens (including phenoxy) is 3. The highest BCUT2D eigenvalue weighted by molar-refractivity contribution is 7.17. The molecule has 150 heavy (non-hydrogen) atoms. The van der Waals surface area contributed by atoms with Gasteiger partial charge in [0.1, 0.15) is 18.2 Å². The smallest absolute Gasteiger partial charge is 0.329 e. The number of aliphatic hydroxyl groups is 1. The molecule has 10 unspecified atom stereocenters. The number of thiazole rings is 9. The number of carbonyl (C=O) groups excluding carboxylic acids is 8. The van der Waals surface area contributed by atoms with E-state index in [1.807, 2.05) is 104 Å². The molecule has 0 saturated carbocycles. The molecule has 800 valence electrons. The third-order valence-corrected chi connectivity index (χ3v) is 31.4. The maximum absolute atomic E-state index is 11.9. The summed E-state index contributed by atoms with van der Waals surface area (Å²) in [6.07, 6.45) is 16.2. The number of hydrogen-bond acceptors (Lipinski definition) is 53. The van der Waals surface area contributed by atoms with Crippen LogP contribution in [0.3, 0.4) is 0 Å². The van der Waals surface area contributed by atoms with Crippen LogP contribution < -0.4 is 21.7 Å². The lowest BCUT2D eigenvalue weighted by Crippen LogP contribution is -2.43. The summed E-state index contributed by atoms with van der Waals surface area (Å²) in [7, 11) is 21.7. The highest BCUT2D eigenvalue weighted by Gasteiger charge is 2.43. The van der Waals surface area contributed by atoms with Gasteiger partial charge in [-0.25, -0.2) is 54.4 Å². The van der Waals surface area contributed by atoms with E-state index in [2.05, 4.69) is 118 Å². The van der Waals surface area contributed by atoms with Crippen molar-refractivity contribution in [3.63, 3.8) is 0 Å². The lowest BCUT2D eigenvalue weighted by molar-refractivity contribution is -0.170. The van der Waals surface area contributed by atoms with Gasteiger partial charge in [0.2, 0.25) is 0 Å². The minimum atomic E-state index is -0.507. The van der Waals surface area contributed by atoms with Crippen LogP contribution in [0.1, 0.15) is 172 Å². The number of carbonyl (C=O) groups is 8. The number of fused-ring (bicyclic) bond motifs is 9. The zero-order valence-corrected chi connectivity index (χ0v) is 92.5. The number of hydrogen-bond donors (Lipinski definition) is 5. The molecule has 0 amide bonds. The minimum absolute atomic E-state index is 0.0291. The zero-order valence-electron chi connectivity index (χ0n) is 85.1. The van der Waals surface area contributed by atoms with Crippen molar-refractivity contribution >= 4 is 191 Å². The standard InChI is InChI=1S/C13H19N3O3S.C12H17N3O3S.C11H15BN3O2S.C11H14N4OS.C10H15N3OS.C10H13N3OS.C7H7BN3O2S.C7H8BN2O2S.C7H6BN2O2S.C5H10O/c1-5-6-19-16(3)9-7-15(2)11(13(17)18-4)10-12(9)20-8-14-10;1-4-5-18-15(2)8-6-13-10(12(16)17-3)9-11(8)19-7-14-9;1-3-4-17-14(2)10-6-15(12-7-16)5-9-11(10)18-8-13-9;1-3-4-16-15(2)9-6-13-8(5-12)10-11(9)17-7-14-10;2*1-3-4-14-13(2)9-6-11-5-8-10(9)15-7-12-8;9-7-10-4-1-11(8-3-12)2-5(13)6(4)14-7;2*11-3-8-10-1-5-7(6(12)2-10)13-4-9-5;1-3-5-6-4-2/h5,8-9,11H,1,6-7H2,2-4H3;4,7-8,10,13H,1,5-6H2,2-3H3;3,7-8,10H,1,4-6H2,2H3;3,7-9,13H,1,4,6H2,2H3;3,7,9,11H,1,4-6H2,2H3;3,5,7,9H,1,4,6H2,2H3;3H,1-2H2,(H2,9,10);3-4,6,12H,1-2H2;3-4H,1-2H2;3H,1,4-5H2,2H3. The van der Waals surface area contributed by atoms with Gasteiger partial charge in [-0.1, -0.05) is 53.9 Å². The first-order valence-corrected chi connectivity index (χ1v) is 54.5. The lowest BCUT2D eigenvalue weighted by atomic mass is 9.90. The minimum Gasteiger partial charge on any atom is -0.468 e. The van der Waals surface area contributed by atoms with Crippen LogP contribution in [0.5, 0.6) is 0 Å². The summed E-state index contributed by atoms with van der Waals surface area (Å²) in [4.78, 5) is 181. The molecule has 9 aromatic heterocycles. The largest absolute Gasteiger partial charge is 0.468 e. The van der Waals surface area contributed by atoms with E-state index in [-0.39, 0.29) is 78.9 Å². The number of aliphatic hydroxyl groups excluding tert-OH is 1. The van der Waals surface area contributed by atoms with Crippen LogP contribution in [0.15, 0.2) is 138 Å². The number of likely N-dealkylation sites (N-methyl/N-ethyl adjacent to an activating group) is 7. The zero-order chi connectivity index (χ0) is 109. The Kier molecular flexibility index (Phi) is 54.6. The Labute approximate surface area is 911 Å². The fourth-order valence-electron chi connectivity index (χ4n) is 15.6. The molecule has 9 aromatic rings. The Hall–Kier alpha value is -9.85. The Morgan fingerprint density at radius 1 is 0.473 bits per heavy atom. The summed E-state index contributed by atoms with van der Waals surface area (Å²) in [5, 5.41) is 39.5. The van der Waals surface area contributed by atoms with Gasteiger partial charge in [0, 0.05) is 137 Å². The molecule has 18 rings (SSSR count). The molecule has 9 aliphatic rings. The quantitative estimate of drug-likeness (QED) is 0.00611. The number of rotatable bonds is 37. The van der Waals surface area contributed by atoms with Gasteiger partial charge in [-0.05, 0) is 14.0 Å². The van der Waals surface area contributed by atoms with Gasteiger partial charge in [0.15, 0.2) is 22.7 Å². The van der Waals surface area contributed by atoms with Gasteiger partial charge >= 0.3 is 11.9 Å². The number of aliphatic imine (C=N–C) groups is 1. The predicted octanol–water partition coefficient (Wildman–Crippen LogP) is 8.20. The number of aromatic nitrogens is 9. The molecule has 0 bridgehead atoms. The molecule has 4 radical (unpaired) electrons. The van der Waals surface area contributed by atoms with Crippen LogP contribution in [-0.2, 0) is 105 Å². The fraction of sp³-hybridized carbons (Fsp3) is 0.452. The lowest BCUT2D eigenvalue weighted by Gasteiger charge is -2.37. The van der Waals surface area contributed by atoms with E-state index in [1.165, 1.54) is 108 Å². The Morgan fingerprint density at radius 3 is 1.41 bits per heavy atom. The van der Waals surface area contributed by atoms with Crippen LogP contribution in [0.2, 0.25) is 0 Å². The number of nitrogens with zero attached hydrogens (tertiary/aromatic N) is 22. The number of nitrogens with one attached hydrogen (secondary N) is 3. The normalized spacial score (nSPS) is 20.0. The summed E-state index contributed by atoms with van der Waals surface area (Å²) in [6.45, 7) is 40.1. The van der Waals surface area contributed by atoms with Crippen molar-refractivity contribution in [2.75, 3.05) is 181 Å². The van der Waals surface area contributed by atoms with Crippen LogP contribution in [-0.4, -0.2) is 364 Å². The van der Waals surface area contributed by atoms with Crippen LogP contribution >= 0.6 is 102 Å². The van der Waals surface area contributed by atoms with Crippen molar-refractivity contribution in [3.05, 3.63) is 228 Å². The number of β-amino-alcohol motifs (C(OH)–C–C–N with tert-alkyl or cyclic N) is 1. The van der Waals surface area contributed by atoms with Crippen molar-refractivity contribution < 1.29 is 86.7 Å². The first-order chi connectivity index (χ1) is 72.7. The van der Waals surface area contributed by atoms with Gasteiger partial charge in [-0.3, -0.25) is 59.1 Å². The second kappa shape index (κ2) is 66.3. The first-order valence-electron chi connectivity index (χ1n) is 46.7. The van der Waals surface area contributed by atoms with Gasteiger partial charge < -0.3 is 68.8 Å². The molecule has 0 aromatic carbocycles. The summed E-state index contributed by atoms with van der Waals surface area (Å²) >= 11 is 13.6. The van der Waals surface area contributed by atoms with Crippen molar-refractivity contribution in [3.8, 4) is 6.07 Å². The summed E-state index contributed by atoms with van der Waals surface area (Å²) in [5.41, 5.74) is 27.5. The third-order valence-electron chi connectivity index (χ3n) is 22.8. The third kappa shape index (κ3) is 35.9. The van der Waals surface area contributed by atoms with Gasteiger partial charge in [0.05, 0.1) is 277 Å². The molecule has 6 N–H and O–H groups in total. The number of Topliss-reactive ketones (excluding diaryl/α,β-unsaturated/α-hetero) is 2. The van der Waals surface area contributed by atoms with Crippen molar-refractivity contribution in [2.45, 2.75) is 100 Å². The summed E-state index contributed by atoms with van der Waals surface area (Å²) in [6, 6.07) is 1.68. The molecule has 9 aliphatic heterocycles. The van der Waals surface area contributed by atoms with Crippen molar-refractivity contribution in [2.24, 2.45) is 4.99 Å². The number of nitriles is 1. The molecular weight excluding hydrogens is 2100 g/mol. The molecule has 57 heteroatoms. The number of esters is 2. The SMILES string of the molecule is C=CCOCC.C=CCON(C)C1CN(C)C(C(=O)OC)c2ncsc21.C=CCON(C)C1CN([B]C=O)Cc2ncsc21.C=CCON(C)C1CN=Cc2ncsc21.C=CCON(C)C1CNC(C#N)c2ncsc21.C=CCON(C)C1CNC(C(=O)OC)c2ncsc21.C=CCON(C)C1CNCc2ncsc21.Nc1nc2c(s1)C(=O)CN([B]C=O)C2.O=C[B]N1CC(=O)c2scnc2C1.O=C[B]N1Cc2ncsc2C(O)C1.